The van der Waals surface area contributed by atoms with Gasteiger partial charge in [0, 0.05) is 17.3 Å². The van der Waals surface area contributed by atoms with Gasteiger partial charge >= 0.3 is 0 Å². The van der Waals surface area contributed by atoms with Crippen LogP contribution in [0.2, 0.25) is 0 Å². The second-order valence-corrected chi connectivity index (χ2v) is 9.56. The van der Waals surface area contributed by atoms with Gasteiger partial charge in [0.2, 0.25) is 11.8 Å². The standard InChI is InChI=1S/C30H33N5O4/c1-3-39-27-15-9-6-12-24(27)29(30(37)31-21-10-4-5-11-21)35(22-16-18-23(38-2)19-17-22)28(36)20-34-26-14-8-7-13-25(26)32-33-34/h6-9,12-19,21,29H,3-5,10-11,20H2,1-2H3,(H,31,37)/t29-/m1/s1. The van der Waals surface area contributed by atoms with Crippen molar-refractivity contribution in [3.63, 3.8) is 0 Å². The Kier molecular flexibility index (Phi) is 8.05. The fraction of sp³-hybridized carbons (Fsp3) is 0.333. The van der Waals surface area contributed by atoms with Crippen LogP contribution in [0.1, 0.15) is 44.2 Å². The fourth-order valence-corrected chi connectivity index (χ4v) is 5.16. The van der Waals surface area contributed by atoms with Crippen LogP contribution in [0.5, 0.6) is 11.5 Å². The van der Waals surface area contributed by atoms with Crippen molar-refractivity contribution in [2.24, 2.45) is 0 Å². The van der Waals surface area contributed by atoms with E-state index >= 15 is 0 Å². The Labute approximate surface area is 227 Å². The Morgan fingerprint density at radius 2 is 1.74 bits per heavy atom. The molecule has 5 rings (SSSR count). The van der Waals surface area contributed by atoms with Gasteiger partial charge in [-0.3, -0.25) is 14.5 Å². The van der Waals surface area contributed by atoms with E-state index in [0.29, 0.717) is 34.9 Å². The lowest BCUT2D eigenvalue weighted by molar-refractivity contribution is -0.127. The fourth-order valence-electron chi connectivity index (χ4n) is 5.16. The SMILES string of the molecule is CCOc1ccccc1[C@H](C(=O)NC1CCCC1)N(C(=O)Cn1nnc2ccccc21)c1ccc(OC)cc1. The van der Waals surface area contributed by atoms with Crippen LogP contribution in [-0.4, -0.2) is 46.6 Å². The molecule has 9 heteroatoms. The van der Waals surface area contributed by atoms with E-state index in [9.17, 15) is 9.59 Å². The summed E-state index contributed by atoms with van der Waals surface area (Å²) in [6.07, 6.45) is 4.00. The minimum Gasteiger partial charge on any atom is -0.497 e. The molecule has 0 aliphatic heterocycles. The molecule has 1 aliphatic carbocycles. The van der Waals surface area contributed by atoms with Gasteiger partial charge in [0.1, 0.15) is 29.6 Å². The van der Waals surface area contributed by atoms with Gasteiger partial charge < -0.3 is 14.8 Å². The number of rotatable bonds is 10. The van der Waals surface area contributed by atoms with Crippen molar-refractivity contribution >= 4 is 28.5 Å². The molecular weight excluding hydrogens is 494 g/mol. The maximum atomic E-state index is 14.2. The van der Waals surface area contributed by atoms with Gasteiger partial charge in [-0.15, -0.1) is 5.10 Å². The number of carbonyl (C=O) groups is 2. The molecule has 1 heterocycles. The van der Waals surface area contributed by atoms with Gasteiger partial charge in [-0.2, -0.15) is 0 Å². The second kappa shape index (κ2) is 12.0. The molecule has 0 spiro atoms. The molecule has 1 aromatic heterocycles. The zero-order valence-electron chi connectivity index (χ0n) is 22.2. The molecule has 0 bridgehead atoms. The minimum absolute atomic E-state index is 0.0753. The summed E-state index contributed by atoms with van der Waals surface area (Å²) in [4.78, 5) is 29.9. The number of hydrogen-bond acceptors (Lipinski definition) is 6. The van der Waals surface area contributed by atoms with Gasteiger partial charge in [0.05, 0.1) is 19.2 Å². The lowest BCUT2D eigenvalue weighted by atomic mass is 10.0. The molecule has 3 aromatic carbocycles. The maximum Gasteiger partial charge on any atom is 0.249 e. The summed E-state index contributed by atoms with van der Waals surface area (Å²) in [7, 11) is 1.59. The van der Waals surface area contributed by atoms with Gasteiger partial charge in [-0.25, -0.2) is 4.68 Å². The third-order valence-electron chi connectivity index (χ3n) is 7.05. The highest BCUT2D eigenvalue weighted by atomic mass is 16.5. The highest BCUT2D eigenvalue weighted by Crippen LogP contribution is 2.35. The van der Waals surface area contributed by atoms with E-state index < -0.39 is 6.04 Å². The number of amides is 2. The van der Waals surface area contributed by atoms with Crippen molar-refractivity contribution in [2.45, 2.75) is 51.2 Å². The number of aromatic nitrogens is 3. The molecule has 1 atom stereocenters. The largest absolute Gasteiger partial charge is 0.497 e. The van der Waals surface area contributed by atoms with E-state index in [0.717, 1.165) is 31.2 Å². The normalized spacial score (nSPS) is 14.2. The van der Waals surface area contributed by atoms with Gasteiger partial charge in [0.15, 0.2) is 0 Å². The molecule has 0 saturated heterocycles. The quantitative estimate of drug-likeness (QED) is 0.322. The molecule has 2 amide bonds. The second-order valence-electron chi connectivity index (χ2n) is 9.56. The Bertz CT molecular complexity index is 1430. The first-order valence-corrected chi connectivity index (χ1v) is 13.4. The summed E-state index contributed by atoms with van der Waals surface area (Å²) in [5.74, 6) is 0.648. The molecule has 0 radical (unpaired) electrons. The summed E-state index contributed by atoms with van der Waals surface area (Å²) in [5.41, 5.74) is 2.60. The van der Waals surface area contributed by atoms with E-state index in [2.05, 4.69) is 15.6 Å². The Morgan fingerprint density at radius 3 is 2.49 bits per heavy atom. The summed E-state index contributed by atoms with van der Waals surface area (Å²) < 4.78 is 12.9. The highest BCUT2D eigenvalue weighted by molar-refractivity contribution is 6.02. The zero-order chi connectivity index (χ0) is 27.2. The van der Waals surface area contributed by atoms with Crippen molar-refractivity contribution in [3.05, 3.63) is 78.4 Å². The molecule has 1 fully saturated rings. The highest BCUT2D eigenvalue weighted by Gasteiger charge is 2.36. The molecule has 4 aromatic rings. The van der Waals surface area contributed by atoms with Crippen LogP contribution in [0.4, 0.5) is 5.69 Å². The predicted octanol–water partition coefficient (Wildman–Crippen LogP) is 4.67. The molecule has 1 saturated carbocycles. The van der Waals surface area contributed by atoms with Crippen LogP contribution in [-0.2, 0) is 16.1 Å². The summed E-state index contributed by atoms with van der Waals surface area (Å²) in [6.45, 7) is 2.22. The number of benzene rings is 3. The number of nitrogens with zero attached hydrogens (tertiary/aromatic N) is 4. The Hall–Kier alpha value is -4.40. The monoisotopic (exact) mass is 527 g/mol. The van der Waals surface area contributed by atoms with Crippen molar-refractivity contribution in [3.8, 4) is 11.5 Å². The van der Waals surface area contributed by atoms with Crippen LogP contribution in [0, 0.1) is 0 Å². The van der Waals surface area contributed by atoms with E-state index in [1.807, 2.05) is 55.5 Å². The number of anilines is 1. The number of para-hydroxylation sites is 2. The van der Waals surface area contributed by atoms with Crippen LogP contribution in [0.25, 0.3) is 11.0 Å². The van der Waals surface area contributed by atoms with Crippen molar-refractivity contribution in [2.75, 3.05) is 18.6 Å². The maximum absolute atomic E-state index is 14.2. The number of methoxy groups -OCH3 is 1. The number of hydrogen-bond donors (Lipinski definition) is 1. The van der Waals surface area contributed by atoms with Crippen LogP contribution >= 0.6 is 0 Å². The third-order valence-corrected chi connectivity index (χ3v) is 7.05. The lowest BCUT2D eigenvalue weighted by Gasteiger charge is -2.33. The zero-order valence-corrected chi connectivity index (χ0v) is 22.2. The topological polar surface area (TPSA) is 98.6 Å². The van der Waals surface area contributed by atoms with Crippen molar-refractivity contribution in [1.82, 2.24) is 20.3 Å². The summed E-state index contributed by atoms with van der Waals surface area (Å²) >= 11 is 0. The lowest BCUT2D eigenvalue weighted by Crippen LogP contribution is -2.47. The van der Waals surface area contributed by atoms with Gasteiger partial charge in [-0.05, 0) is 62.2 Å². The van der Waals surface area contributed by atoms with E-state index in [1.165, 1.54) is 4.90 Å². The molecule has 1 N–H and O–H groups in total. The van der Waals surface area contributed by atoms with Gasteiger partial charge in [0.25, 0.3) is 0 Å². The number of nitrogens with one attached hydrogen (secondary N) is 1. The average molecular weight is 528 g/mol. The predicted molar refractivity (Wildman–Crippen MR) is 149 cm³/mol. The van der Waals surface area contributed by atoms with Crippen LogP contribution in [0.15, 0.2) is 72.8 Å². The number of fused-ring (bicyclic) bond motifs is 1. The summed E-state index contributed by atoms with van der Waals surface area (Å²) in [6, 6.07) is 21.1. The third kappa shape index (κ3) is 5.72. The first kappa shape index (κ1) is 26.2. The van der Waals surface area contributed by atoms with Gasteiger partial charge in [-0.1, -0.05) is 48.4 Å². The smallest absolute Gasteiger partial charge is 0.249 e. The van der Waals surface area contributed by atoms with Crippen molar-refractivity contribution in [1.29, 1.82) is 0 Å². The summed E-state index contributed by atoms with van der Waals surface area (Å²) in [5, 5.41) is 11.6. The Morgan fingerprint density at radius 1 is 1.03 bits per heavy atom. The van der Waals surface area contributed by atoms with E-state index in [1.54, 1.807) is 36.1 Å². The average Bonchev–Trinajstić information content (AvgIpc) is 3.62. The number of ether oxygens (including phenoxy) is 2. The van der Waals surface area contributed by atoms with Crippen molar-refractivity contribution < 1.29 is 19.1 Å². The first-order valence-electron chi connectivity index (χ1n) is 13.4. The molecular formula is C30H33N5O4. The molecule has 0 unspecified atom stereocenters. The van der Waals surface area contributed by atoms with Crippen LogP contribution < -0.4 is 19.7 Å². The van der Waals surface area contributed by atoms with E-state index in [-0.39, 0.29) is 24.4 Å². The molecule has 1 aliphatic rings. The number of carbonyl (C=O) groups excluding carboxylic acids is 2. The molecule has 9 nitrogen and oxygen atoms in total. The minimum atomic E-state index is -0.968. The Balaban J connectivity index is 1.60. The van der Waals surface area contributed by atoms with E-state index in [4.69, 9.17) is 9.47 Å². The molecule has 202 valence electrons. The van der Waals surface area contributed by atoms with Crippen LogP contribution in [0.3, 0.4) is 0 Å². The first-order chi connectivity index (χ1) is 19.1. The molecule has 39 heavy (non-hydrogen) atoms.